The number of rotatable bonds is 4. The topological polar surface area (TPSA) is 50.1 Å². The normalized spacial score (nSPS) is 25.6. The summed E-state index contributed by atoms with van der Waals surface area (Å²) in [4.78, 5) is 0. The number of aliphatic hydroxyl groups excluding tert-OH is 1. The number of nitrogens with one attached hydrogen (secondary N) is 1. The molecule has 1 fully saturated rings. The van der Waals surface area contributed by atoms with Gasteiger partial charge in [0.1, 0.15) is 0 Å². The Bertz CT molecular complexity index is 315. The Morgan fingerprint density at radius 1 is 1.60 bits per heavy atom. The van der Waals surface area contributed by atoms with Gasteiger partial charge in [-0.1, -0.05) is 0 Å². The minimum atomic E-state index is -0.0825. The van der Waals surface area contributed by atoms with E-state index in [1.54, 1.807) is 0 Å². The first-order valence-electron chi connectivity index (χ1n) is 5.59. The molecule has 0 atom stereocenters. The van der Waals surface area contributed by atoms with Crippen molar-refractivity contribution in [1.29, 1.82) is 0 Å². The van der Waals surface area contributed by atoms with Gasteiger partial charge in [-0.15, -0.1) is 0 Å². The largest absolute Gasteiger partial charge is 0.393 e. The van der Waals surface area contributed by atoms with Gasteiger partial charge in [0.25, 0.3) is 0 Å². The first-order chi connectivity index (χ1) is 7.15. The van der Waals surface area contributed by atoms with Crippen molar-refractivity contribution in [2.24, 2.45) is 0 Å². The van der Waals surface area contributed by atoms with Crippen molar-refractivity contribution in [2.75, 3.05) is 0 Å². The van der Waals surface area contributed by atoms with Gasteiger partial charge in [0.15, 0.2) is 0 Å². The zero-order valence-electron chi connectivity index (χ0n) is 9.35. The molecule has 1 aromatic heterocycles. The molecule has 1 heterocycles. The van der Waals surface area contributed by atoms with E-state index in [2.05, 4.69) is 30.5 Å². The lowest BCUT2D eigenvalue weighted by Gasteiger charge is -2.32. The molecule has 0 radical (unpaired) electrons. The van der Waals surface area contributed by atoms with Gasteiger partial charge in [0, 0.05) is 30.4 Å². The van der Waals surface area contributed by atoms with Gasteiger partial charge in [-0.2, -0.15) is 5.10 Å². The van der Waals surface area contributed by atoms with Crippen LogP contribution in [0.15, 0.2) is 12.4 Å². The summed E-state index contributed by atoms with van der Waals surface area (Å²) < 4.78 is 1.96. The van der Waals surface area contributed by atoms with E-state index in [4.69, 9.17) is 5.11 Å². The average molecular weight is 209 g/mol. The molecule has 84 valence electrons. The van der Waals surface area contributed by atoms with E-state index in [9.17, 15) is 0 Å². The Balaban J connectivity index is 1.78. The van der Waals surface area contributed by atoms with Crippen molar-refractivity contribution in [3.8, 4) is 0 Å². The molecule has 0 saturated heterocycles. The first-order valence-corrected chi connectivity index (χ1v) is 5.59. The smallest absolute Gasteiger partial charge is 0.0570 e. The third-order valence-corrected chi connectivity index (χ3v) is 2.89. The third-order valence-electron chi connectivity index (χ3n) is 2.89. The number of nitrogens with zero attached hydrogens (tertiary/aromatic N) is 2. The number of aromatic nitrogens is 2. The number of aliphatic hydroxyl groups is 1. The summed E-state index contributed by atoms with van der Waals surface area (Å²) in [6, 6.07) is 0.909. The fourth-order valence-corrected chi connectivity index (χ4v) is 1.77. The number of hydrogen-bond acceptors (Lipinski definition) is 3. The molecule has 0 aliphatic heterocycles. The van der Waals surface area contributed by atoms with E-state index in [0.717, 1.165) is 19.4 Å². The van der Waals surface area contributed by atoms with Crippen LogP contribution in [-0.2, 0) is 6.54 Å². The Kier molecular flexibility index (Phi) is 3.07. The van der Waals surface area contributed by atoms with E-state index in [1.807, 2.05) is 10.9 Å². The zero-order valence-corrected chi connectivity index (χ0v) is 9.35. The van der Waals surface area contributed by atoms with Crippen LogP contribution in [0.2, 0.25) is 0 Å². The predicted octanol–water partition coefficient (Wildman–Crippen LogP) is 1.08. The molecule has 2 N–H and O–H groups in total. The van der Waals surface area contributed by atoms with E-state index < -0.39 is 0 Å². The summed E-state index contributed by atoms with van der Waals surface area (Å²) in [6.07, 6.45) is 5.67. The van der Waals surface area contributed by atoms with Crippen LogP contribution in [-0.4, -0.2) is 27.0 Å². The highest BCUT2D eigenvalue weighted by molar-refractivity contribution is 5.04. The van der Waals surface area contributed by atoms with Gasteiger partial charge >= 0.3 is 0 Å². The molecule has 0 unspecified atom stereocenters. The van der Waals surface area contributed by atoms with Crippen LogP contribution in [0.3, 0.4) is 0 Å². The molecule has 0 bridgehead atoms. The molecule has 15 heavy (non-hydrogen) atoms. The highest BCUT2D eigenvalue weighted by Crippen LogP contribution is 2.19. The first kappa shape index (κ1) is 10.6. The molecule has 0 aromatic carbocycles. The standard InChI is InChI=1S/C11H19N3O/c1-8(2)14-7-9(6-13-14)5-12-10-3-11(15)4-10/h6-8,10-12,15H,3-5H2,1-2H3. The Morgan fingerprint density at radius 3 is 2.87 bits per heavy atom. The molecular weight excluding hydrogens is 190 g/mol. The lowest BCUT2D eigenvalue weighted by molar-refractivity contribution is 0.0619. The molecule has 2 rings (SSSR count). The van der Waals surface area contributed by atoms with Crippen LogP contribution in [0.4, 0.5) is 0 Å². The Morgan fingerprint density at radius 2 is 2.33 bits per heavy atom. The second-order valence-electron chi connectivity index (χ2n) is 4.63. The molecule has 4 heteroatoms. The summed E-state index contributed by atoms with van der Waals surface area (Å²) in [7, 11) is 0. The molecule has 4 nitrogen and oxygen atoms in total. The van der Waals surface area contributed by atoms with Crippen molar-refractivity contribution >= 4 is 0 Å². The summed E-state index contributed by atoms with van der Waals surface area (Å²) in [6.45, 7) is 5.09. The molecule has 0 amide bonds. The minimum absolute atomic E-state index is 0.0825. The van der Waals surface area contributed by atoms with Crippen molar-refractivity contribution in [3.05, 3.63) is 18.0 Å². The average Bonchev–Trinajstić information content (AvgIpc) is 2.59. The maximum Gasteiger partial charge on any atom is 0.0570 e. The molecule has 0 spiro atoms. The van der Waals surface area contributed by atoms with Gasteiger partial charge < -0.3 is 10.4 Å². The van der Waals surface area contributed by atoms with Gasteiger partial charge in [-0.25, -0.2) is 0 Å². The number of hydrogen-bond donors (Lipinski definition) is 2. The monoisotopic (exact) mass is 209 g/mol. The quantitative estimate of drug-likeness (QED) is 0.780. The molecule has 1 aliphatic carbocycles. The van der Waals surface area contributed by atoms with Gasteiger partial charge in [-0.3, -0.25) is 4.68 Å². The Hall–Kier alpha value is -0.870. The van der Waals surface area contributed by atoms with Crippen LogP contribution in [0.5, 0.6) is 0 Å². The molecular formula is C11H19N3O. The summed E-state index contributed by atoms with van der Waals surface area (Å²) in [5, 5.41) is 16.8. The second-order valence-corrected chi connectivity index (χ2v) is 4.63. The van der Waals surface area contributed by atoms with Crippen molar-refractivity contribution < 1.29 is 5.11 Å². The van der Waals surface area contributed by atoms with E-state index in [-0.39, 0.29) is 6.10 Å². The van der Waals surface area contributed by atoms with E-state index in [0.29, 0.717) is 12.1 Å². The van der Waals surface area contributed by atoms with Crippen LogP contribution >= 0.6 is 0 Å². The third kappa shape index (κ3) is 2.58. The fourth-order valence-electron chi connectivity index (χ4n) is 1.77. The van der Waals surface area contributed by atoms with Crippen molar-refractivity contribution in [1.82, 2.24) is 15.1 Å². The van der Waals surface area contributed by atoms with Crippen LogP contribution < -0.4 is 5.32 Å². The second kappa shape index (κ2) is 4.33. The van der Waals surface area contributed by atoms with Gasteiger partial charge in [0.05, 0.1) is 12.3 Å². The predicted molar refractivity (Wildman–Crippen MR) is 58.5 cm³/mol. The van der Waals surface area contributed by atoms with Gasteiger partial charge in [0.2, 0.25) is 0 Å². The summed E-state index contributed by atoms with van der Waals surface area (Å²) in [5.41, 5.74) is 1.21. The highest BCUT2D eigenvalue weighted by Gasteiger charge is 2.26. The maximum atomic E-state index is 9.14. The fraction of sp³-hybridized carbons (Fsp3) is 0.727. The molecule has 1 saturated carbocycles. The minimum Gasteiger partial charge on any atom is -0.393 e. The molecule has 1 aromatic rings. The van der Waals surface area contributed by atoms with Crippen molar-refractivity contribution in [2.45, 2.75) is 51.4 Å². The highest BCUT2D eigenvalue weighted by atomic mass is 16.3. The molecule has 1 aliphatic rings. The van der Waals surface area contributed by atoms with Crippen LogP contribution in [0, 0.1) is 0 Å². The van der Waals surface area contributed by atoms with E-state index >= 15 is 0 Å². The summed E-state index contributed by atoms with van der Waals surface area (Å²) >= 11 is 0. The van der Waals surface area contributed by atoms with Crippen LogP contribution in [0.25, 0.3) is 0 Å². The summed E-state index contributed by atoms with van der Waals surface area (Å²) in [5.74, 6) is 0. The Labute approximate surface area is 90.3 Å². The zero-order chi connectivity index (χ0) is 10.8. The lowest BCUT2D eigenvalue weighted by Crippen LogP contribution is -2.43. The maximum absolute atomic E-state index is 9.14. The van der Waals surface area contributed by atoms with Gasteiger partial charge in [-0.05, 0) is 26.7 Å². The van der Waals surface area contributed by atoms with Crippen molar-refractivity contribution in [3.63, 3.8) is 0 Å². The van der Waals surface area contributed by atoms with E-state index in [1.165, 1.54) is 5.56 Å². The SMILES string of the molecule is CC(C)n1cc(CNC2CC(O)C2)cn1. The van der Waals surface area contributed by atoms with Crippen LogP contribution in [0.1, 0.15) is 38.3 Å². The lowest BCUT2D eigenvalue weighted by atomic mass is 9.89.